The zero-order valence-corrected chi connectivity index (χ0v) is 9.79. The monoisotopic (exact) mass is 212 g/mol. The first-order valence-corrected chi connectivity index (χ1v) is 5.66. The second kappa shape index (κ2) is 5.29. The summed E-state index contributed by atoms with van der Waals surface area (Å²) in [5, 5.41) is 0. The zero-order chi connectivity index (χ0) is 11.4. The molecule has 0 N–H and O–H groups in total. The maximum Gasteiger partial charge on any atom is 0.309 e. The lowest BCUT2D eigenvalue weighted by Gasteiger charge is -2.16. The minimum atomic E-state index is -0.213. The summed E-state index contributed by atoms with van der Waals surface area (Å²) in [5.74, 6) is 0.346. The number of rotatable bonds is 4. The van der Waals surface area contributed by atoms with Crippen molar-refractivity contribution >= 4 is 11.8 Å². The molecule has 1 saturated carbocycles. The summed E-state index contributed by atoms with van der Waals surface area (Å²) in [7, 11) is 1.39. The van der Waals surface area contributed by atoms with E-state index in [1.165, 1.54) is 7.11 Å². The van der Waals surface area contributed by atoms with Crippen LogP contribution in [-0.2, 0) is 14.3 Å². The van der Waals surface area contributed by atoms with Gasteiger partial charge in [-0.1, -0.05) is 20.3 Å². The topological polar surface area (TPSA) is 43.4 Å². The van der Waals surface area contributed by atoms with Crippen LogP contribution in [0.4, 0.5) is 0 Å². The third kappa shape index (κ3) is 3.05. The van der Waals surface area contributed by atoms with E-state index in [4.69, 9.17) is 4.74 Å². The molecule has 0 aromatic rings. The van der Waals surface area contributed by atoms with Gasteiger partial charge in [0.2, 0.25) is 0 Å². The number of ether oxygens (including phenoxy) is 1. The standard InChI is InChI=1S/C12H20O3/c1-8(2)4-5-9-10(12(14)15-3)6-7-11(9)13/h8-10H,4-7H2,1-3H3. The van der Waals surface area contributed by atoms with E-state index >= 15 is 0 Å². The van der Waals surface area contributed by atoms with Gasteiger partial charge in [-0.05, 0) is 18.8 Å². The first-order valence-electron chi connectivity index (χ1n) is 5.66. The van der Waals surface area contributed by atoms with Crippen LogP contribution in [0.1, 0.15) is 39.5 Å². The van der Waals surface area contributed by atoms with E-state index in [-0.39, 0.29) is 23.6 Å². The van der Waals surface area contributed by atoms with Crippen LogP contribution in [-0.4, -0.2) is 18.9 Å². The molecule has 0 aromatic carbocycles. The summed E-state index contributed by atoms with van der Waals surface area (Å²) >= 11 is 0. The van der Waals surface area contributed by atoms with E-state index in [1.54, 1.807) is 0 Å². The Labute approximate surface area is 91.2 Å². The summed E-state index contributed by atoms with van der Waals surface area (Å²) in [6.45, 7) is 4.26. The van der Waals surface area contributed by atoms with Gasteiger partial charge >= 0.3 is 5.97 Å². The first-order chi connectivity index (χ1) is 7.06. The average Bonchev–Trinajstić information content (AvgIpc) is 2.55. The molecular weight excluding hydrogens is 192 g/mol. The van der Waals surface area contributed by atoms with Crippen LogP contribution < -0.4 is 0 Å². The highest BCUT2D eigenvalue weighted by atomic mass is 16.5. The van der Waals surface area contributed by atoms with Crippen LogP contribution in [0.5, 0.6) is 0 Å². The Morgan fingerprint density at radius 3 is 2.73 bits per heavy atom. The van der Waals surface area contributed by atoms with Crippen molar-refractivity contribution in [2.75, 3.05) is 7.11 Å². The number of hydrogen-bond donors (Lipinski definition) is 0. The second-order valence-corrected chi connectivity index (χ2v) is 4.71. The smallest absolute Gasteiger partial charge is 0.309 e. The molecule has 2 unspecified atom stereocenters. The first kappa shape index (κ1) is 12.2. The number of hydrogen-bond acceptors (Lipinski definition) is 3. The van der Waals surface area contributed by atoms with Gasteiger partial charge in [0, 0.05) is 12.3 Å². The minimum absolute atomic E-state index is 0.0835. The lowest BCUT2D eigenvalue weighted by atomic mass is 9.89. The molecule has 15 heavy (non-hydrogen) atoms. The zero-order valence-electron chi connectivity index (χ0n) is 9.79. The van der Waals surface area contributed by atoms with E-state index in [2.05, 4.69) is 13.8 Å². The molecule has 3 heteroatoms. The van der Waals surface area contributed by atoms with Gasteiger partial charge in [-0.2, -0.15) is 0 Å². The van der Waals surface area contributed by atoms with Gasteiger partial charge in [0.05, 0.1) is 13.0 Å². The van der Waals surface area contributed by atoms with Crippen LogP contribution in [0.3, 0.4) is 0 Å². The highest BCUT2D eigenvalue weighted by molar-refractivity contribution is 5.90. The van der Waals surface area contributed by atoms with Gasteiger partial charge in [-0.3, -0.25) is 9.59 Å². The lowest BCUT2D eigenvalue weighted by molar-refractivity contribution is -0.148. The Kier molecular flexibility index (Phi) is 4.30. The molecule has 0 bridgehead atoms. The lowest BCUT2D eigenvalue weighted by Crippen LogP contribution is -2.24. The Morgan fingerprint density at radius 1 is 1.53 bits per heavy atom. The molecule has 0 saturated heterocycles. The maximum absolute atomic E-state index is 11.6. The van der Waals surface area contributed by atoms with Crippen molar-refractivity contribution in [2.24, 2.45) is 17.8 Å². The highest BCUT2D eigenvalue weighted by Crippen LogP contribution is 2.33. The van der Waals surface area contributed by atoms with Crippen LogP contribution >= 0.6 is 0 Å². The molecule has 0 heterocycles. The number of methoxy groups -OCH3 is 1. The normalized spacial score (nSPS) is 26.0. The van der Waals surface area contributed by atoms with Crippen molar-refractivity contribution in [1.29, 1.82) is 0 Å². The minimum Gasteiger partial charge on any atom is -0.469 e. The number of Topliss-reactive ketones (excluding diaryl/α,β-unsaturated/α-hetero) is 1. The van der Waals surface area contributed by atoms with E-state index < -0.39 is 0 Å². The molecule has 2 atom stereocenters. The van der Waals surface area contributed by atoms with Gasteiger partial charge in [0.15, 0.2) is 0 Å². The quantitative estimate of drug-likeness (QED) is 0.671. The molecule has 1 aliphatic rings. The molecular formula is C12H20O3. The summed E-state index contributed by atoms with van der Waals surface area (Å²) in [4.78, 5) is 23.1. The van der Waals surface area contributed by atoms with E-state index in [0.717, 1.165) is 12.8 Å². The van der Waals surface area contributed by atoms with Crippen molar-refractivity contribution < 1.29 is 14.3 Å². The molecule has 0 spiro atoms. The predicted molar refractivity (Wildman–Crippen MR) is 57.3 cm³/mol. The summed E-state index contributed by atoms with van der Waals surface area (Å²) in [5.41, 5.74) is 0. The molecule has 0 aliphatic heterocycles. The van der Waals surface area contributed by atoms with Crippen molar-refractivity contribution in [3.63, 3.8) is 0 Å². The predicted octanol–water partition coefficient (Wildman–Crippen LogP) is 2.19. The fourth-order valence-electron chi connectivity index (χ4n) is 2.22. The average molecular weight is 212 g/mol. The summed E-state index contributed by atoms with van der Waals surface area (Å²) in [6.07, 6.45) is 3.05. The van der Waals surface area contributed by atoms with Gasteiger partial charge in [-0.15, -0.1) is 0 Å². The van der Waals surface area contributed by atoms with Gasteiger partial charge in [0.1, 0.15) is 5.78 Å². The van der Waals surface area contributed by atoms with E-state index in [0.29, 0.717) is 18.8 Å². The van der Waals surface area contributed by atoms with E-state index in [9.17, 15) is 9.59 Å². The maximum atomic E-state index is 11.6. The fraction of sp³-hybridized carbons (Fsp3) is 0.833. The molecule has 0 radical (unpaired) electrons. The molecule has 1 rings (SSSR count). The van der Waals surface area contributed by atoms with Crippen LogP contribution in [0, 0.1) is 17.8 Å². The molecule has 3 nitrogen and oxygen atoms in total. The van der Waals surface area contributed by atoms with Gasteiger partial charge < -0.3 is 4.74 Å². The van der Waals surface area contributed by atoms with Crippen LogP contribution in [0.2, 0.25) is 0 Å². The largest absolute Gasteiger partial charge is 0.469 e. The highest BCUT2D eigenvalue weighted by Gasteiger charge is 2.39. The SMILES string of the molecule is COC(=O)C1CCC(=O)C1CCC(C)C. The molecule has 1 fully saturated rings. The van der Waals surface area contributed by atoms with Crippen molar-refractivity contribution in [2.45, 2.75) is 39.5 Å². The molecule has 1 aliphatic carbocycles. The Balaban J connectivity index is 2.56. The van der Waals surface area contributed by atoms with Gasteiger partial charge in [-0.25, -0.2) is 0 Å². The summed E-state index contributed by atoms with van der Waals surface area (Å²) < 4.78 is 4.73. The molecule has 0 amide bonds. The summed E-state index contributed by atoms with van der Waals surface area (Å²) in [6, 6.07) is 0. The van der Waals surface area contributed by atoms with Crippen LogP contribution in [0.25, 0.3) is 0 Å². The van der Waals surface area contributed by atoms with Crippen molar-refractivity contribution in [3.8, 4) is 0 Å². The van der Waals surface area contributed by atoms with Gasteiger partial charge in [0.25, 0.3) is 0 Å². The number of esters is 1. The number of ketones is 1. The second-order valence-electron chi connectivity index (χ2n) is 4.71. The Morgan fingerprint density at radius 2 is 2.20 bits per heavy atom. The van der Waals surface area contributed by atoms with Crippen LogP contribution in [0.15, 0.2) is 0 Å². The number of carbonyl (C=O) groups excluding carboxylic acids is 2. The third-order valence-corrected chi connectivity index (χ3v) is 3.16. The molecule has 0 aromatic heterocycles. The Bertz CT molecular complexity index is 245. The molecule has 86 valence electrons. The number of carbonyl (C=O) groups is 2. The fourth-order valence-corrected chi connectivity index (χ4v) is 2.22. The van der Waals surface area contributed by atoms with E-state index in [1.807, 2.05) is 0 Å². The third-order valence-electron chi connectivity index (χ3n) is 3.16. The van der Waals surface area contributed by atoms with Crippen molar-refractivity contribution in [3.05, 3.63) is 0 Å². The Hall–Kier alpha value is -0.860. The van der Waals surface area contributed by atoms with Crippen molar-refractivity contribution in [1.82, 2.24) is 0 Å².